The van der Waals surface area contributed by atoms with E-state index < -0.39 is 0 Å². The molecule has 2 aromatic carbocycles. The normalized spacial score (nSPS) is 9.33. The van der Waals surface area contributed by atoms with Crippen LogP contribution in [0.15, 0.2) is 47.5 Å². The van der Waals surface area contributed by atoms with Gasteiger partial charge in [-0.05, 0) is 36.3 Å². The maximum absolute atomic E-state index is 5.58. The van der Waals surface area contributed by atoms with Gasteiger partial charge in [0.05, 0.1) is 16.4 Å². The molecule has 0 aliphatic heterocycles. The molecule has 0 amide bonds. The predicted molar refractivity (Wildman–Crippen MR) is 79.2 cm³/mol. The number of terminal acetylenes is 1. The van der Waals surface area contributed by atoms with E-state index in [1.165, 1.54) is 5.56 Å². The lowest BCUT2D eigenvalue weighted by molar-refractivity contribution is 1.45. The van der Waals surface area contributed by atoms with Crippen molar-refractivity contribution in [2.45, 2.75) is 6.92 Å². The molecule has 0 aliphatic carbocycles. The first kappa shape index (κ1) is 12.3. The van der Waals surface area contributed by atoms with Crippen molar-refractivity contribution in [3.8, 4) is 23.5 Å². The van der Waals surface area contributed by atoms with Crippen molar-refractivity contribution in [2.24, 2.45) is 4.99 Å². The monoisotopic (exact) mass is 249 g/mol. The Kier molecular flexibility index (Phi) is 3.69. The maximum Gasteiger partial charge on any atom is 0.0902 e. The van der Waals surface area contributed by atoms with Gasteiger partial charge >= 0.3 is 0 Å². The predicted octanol–water partition coefficient (Wildman–Crippen LogP) is 4.38. The minimum atomic E-state index is 0.686. The van der Waals surface area contributed by atoms with E-state index in [0.29, 0.717) is 5.69 Å². The van der Waals surface area contributed by atoms with Crippen LogP contribution in [0.5, 0.6) is 0 Å². The van der Waals surface area contributed by atoms with E-state index in [0.717, 1.165) is 16.7 Å². The molecule has 0 unspecified atom stereocenters. The van der Waals surface area contributed by atoms with Gasteiger partial charge in [0.1, 0.15) is 0 Å². The molecule has 0 radical (unpaired) electrons. The molecule has 0 heterocycles. The number of hydrogen-bond acceptors (Lipinski definition) is 2. The van der Waals surface area contributed by atoms with E-state index in [1.54, 1.807) is 0 Å². The number of rotatable bonds is 2. The zero-order chi connectivity index (χ0) is 13.0. The average Bonchev–Trinajstić information content (AvgIpc) is 2.40. The van der Waals surface area contributed by atoms with Gasteiger partial charge in [-0.25, -0.2) is 0 Å². The molecule has 18 heavy (non-hydrogen) atoms. The second-order valence-corrected chi connectivity index (χ2v) is 4.10. The molecule has 2 aromatic rings. The second kappa shape index (κ2) is 5.42. The molecular formula is C16H11NS. The Hall–Kier alpha value is -2.20. The molecule has 2 rings (SSSR count). The van der Waals surface area contributed by atoms with Crippen molar-refractivity contribution in [3.63, 3.8) is 0 Å². The summed E-state index contributed by atoms with van der Waals surface area (Å²) in [5.41, 5.74) is 4.72. The summed E-state index contributed by atoms with van der Waals surface area (Å²) >= 11 is 4.63. The molecule has 0 N–H and O–H groups in total. The fourth-order valence-corrected chi connectivity index (χ4v) is 1.91. The van der Waals surface area contributed by atoms with Crippen molar-refractivity contribution < 1.29 is 0 Å². The number of aliphatic imine (C=N–C) groups is 1. The SMILES string of the molecule is C#Cc1c(N=C=S)cccc1-c1ccc(C)cc1. The zero-order valence-corrected chi connectivity index (χ0v) is 10.8. The minimum absolute atomic E-state index is 0.686. The van der Waals surface area contributed by atoms with Gasteiger partial charge in [0.15, 0.2) is 0 Å². The number of nitrogens with zero attached hydrogens (tertiary/aromatic N) is 1. The number of benzene rings is 2. The van der Waals surface area contributed by atoms with E-state index >= 15 is 0 Å². The van der Waals surface area contributed by atoms with E-state index in [1.807, 2.05) is 18.2 Å². The highest BCUT2D eigenvalue weighted by molar-refractivity contribution is 7.78. The summed E-state index contributed by atoms with van der Waals surface area (Å²) in [6.45, 7) is 2.05. The first-order valence-corrected chi connectivity index (χ1v) is 5.91. The summed E-state index contributed by atoms with van der Waals surface area (Å²) in [4.78, 5) is 4.00. The minimum Gasteiger partial charge on any atom is -0.193 e. The highest BCUT2D eigenvalue weighted by Crippen LogP contribution is 2.30. The van der Waals surface area contributed by atoms with Gasteiger partial charge in [-0.15, -0.1) is 6.42 Å². The van der Waals surface area contributed by atoms with Crippen LogP contribution in [-0.2, 0) is 0 Å². The molecule has 0 atom stereocenters. The van der Waals surface area contributed by atoms with E-state index in [9.17, 15) is 0 Å². The van der Waals surface area contributed by atoms with Gasteiger partial charge in [0.2, 0.25) is 0 Å². The van der Waals surface area contributed by atoms with Crippen molar-refractivity contribution >= 4 is 23.1 Å². The summed E-state index contributed by atoms with van der Waals surface area (Å²) in [6.07, 6.45) is 5.58. The van der Waals surface area contributed by atoms with Crippen LogP contribution in [-0.4, -0.2) is 5.16 Å². The highest BCUT2D eigenvalue weighted by atomic mass is 32.1. The quantitative estimate of drug-likeness (QED) is 0.437. The van der Waals surface area contributed by atoms with E-state index in [2.05, 4.69) is 59.5 Å². The molecule has 1 nitrogen and oxygen atoms in total. The highest BCUT2D eigenvalue weighted by Gasteiger charge is 2.07. The summed E-state index contributed by atoms with van der Waals surface area (Å²) < 4.78 is 0. The van der Waals surface area contributed by atoms with Crippen LogP contribution in [0, 0.1) is 19.3 Å². The fourth-order valence-electron chi connectivity index (χ4n) is 1.81. The largest absolute Gasteiger partial charge is 0.193 e. The van der Waals surface area contributed by atoms with Crippen LogP contribution in [0.2, 0.25) is 0 Å². The Morgan fingerprint density at radius 2 is 1.83 bits per heavy atom. The lowest BCUT2D eigenvalue weighted by Gasteiger charge is -2.07. The topological polar surface area (TPSA) is 12.4 Å². The van der Waals surface area contributed by atoms with Crippen LogP contribution in [0.4, 0.5) is 5.69 Å². The van der Waals surface area contributed by atoms with Crippen LogP contribution >= 0.6 is 12.2 Å². The van der Waals surface area contributed by atoms with Crippen molar-refractivity contribution in [1.82, 2.24) is 0 Å². The lowest BCUT2D eigenvalue weighted by Crippen LogP contribution is -1.85. The first-order valence-electron chi connectivity index (χ1n) is 5.51. The molecule has 86 valence electrons. The van der Waals surface area contributed by atoms with Gasteiger partial charge in [0.25, 0.3) is 0 Å². The standard InChI is InChI=1S/C16H11NS/c1-3-14-15(5-4-6-16(14)17-11-18)13-9-7-12(2)8-10-13/h1,4-10H,2H3. The third kappa shape index (κ3) is 2.38. The van der Waals surface area contributed by atoms with E-state index in [-0.39, 0.29) is 0 Å². The van der Waals surface area contributed by atoms with Gasteiger partial charge in [-0.3, -0.25) is 0 Å². The van der Waals surface area contributed by atoms with Crippen molar-refractivity contribution in [1.29, 1.82) is 0 Å². The number of thiocarbonyl (C=S) groups is 1. The number of aryl methyl sites for hydroxylation is 1. The molecule has 0 fully saturated rings. The number of isothiocyanates is 1. The van der Waals surface area contributed by atoms with Crippen LogP contribution in [0.1, 0.15) is 11.1 Å². The molecular weight excluding hydrogens is 238 g/mol. The van der Waals surface area contributed by atoms with Gasteiger partial charge in [0, 0.05) is 0 Å². The molecule has 0 saturated carbocycles. The summed E-state index contributed by atoms with van der Waals surface area (Å²) in [7, 11) is 0. The average molecular weight is 249 g/mol. The first-order chi connectivity index (χ1) is 8.76. The lowest BCUT2D eigenvalue weighted by atomic mass is 9.98. The second-order valence-electron chi connectivity index (χ2n) is 3.91. The van der Waals surface area contributed by atoms with Crippen LogP contribution < -0.4 is 0 Å². The molecule has 0 saturated heterocycles. The van der Waals surface area contributed by atoms with Gasteiger partial charge in [-0.2, -0.15) is 4.99 Å². The molecule has 0 bridgehead atoms. The Morgan fingerprint density at radius 1 is 1.11 bits per heavy atom. The number of hydrogen-bond donors (Lipinski definition) is 0. The van der Waals surface area contributed by atoms with Gasteiger partial charge in [-0.1, -0.05) is 47.9 Å². The fraction of sp³-hybridized carbons (Fsp3) is 0.0625. The zero-order valence-electron chi connectivity index (χ0n) is 9.97. The summed E-state index contributed by atoms with van der Waals surface area (Å²) in [5, 5.41) is 2.36. The third-order valence-electron chi connectivity index (χ3n) is 2.72. The Bertz CT molecular complexity index is 656. The molecule has 0 aromatic heterocycles. The van der Waals surface area contributed by atoms with Crippen molar-refractivity contribution in [2.75, 3.05) is 0 Å². The van der Waals surface area contributed by atoms with E-state index in [4.69, 9.17) is 6.42 Å². The Morgan fingerprint density at radius 3 is 2.44 bits per heavy atom. The molecule has 0 spiro atoms. The van der Waals surface area contributed by atoms with Crippen molar-refractivity contribution in [3.05, 3.63) is 53.6 Å². The maximum atomic E-state index is 5.58. The molecule has 0 aliphatic rings. The van der Waals surface area contributed by atoms with Crippen LogP contribution in [0.3, 0.4) is 0 Å². The summed E-state index contributed by atoms with van der Waals surface area (Å²) in [6, 6.07) is 14.0. The van der Waals surface area contributed by atoms with Crippen LogP contribution in [0.25, 0.3) is 11.1 Å². The molecule has 2 heteroatoms. The Balaban J connectivity index is 2.65. The van der Waals surface area contributed by atoms with Gasteiger partial charge < -0.3 is 0 Å². The smallest absolute Gasteiger partial charge is 0.0902 e. The summed E-state index contributed by atoms with van der Waals surface area (Å²) in [5.74, 6) is 2.68. The Labute approximate surface area is 112 Å². The third-order valence-corrected chi connectivity index (χ3v) is 2.81.